The van der Waals surface area contributed by atoms with Crippen molar-refractivity contribution >= 4 is 28.9 Å². The quantitative estimate of drug-likeness (QED) is 0.144. The minimum Gasteiger partial charge on any atom is -0.289 e. The minimum absolute atomic E-state index is 0.642. The smallest absolute Gasteiger partial charge is 0.168 e. The van der Waals surface area contributed by atoms with Crippen molar-refractivity contribution in [2.24, 2.45) is 12.1 Å². The Hall–Kier alpha value is -3.69. The van der Waals surface area contributed by atoms with Crippen LogP contribution in [0.4, 0.5) is 0 Å². The molecule has 4 rings (SSSR count). The largest absolute Gasteiger partial charge is 0.289 e. The van der Waals surface area contributed by atoms with Gasteiger partial charge in [0.15, 0.2) is 5.84 Å². The summed E-state index contributed by atoms with van der Waals surface area (Å²) in [7, 11) is 5.99. The number of hydrogen-bond acceptors (Lipinski definition) is 7. The Bertz CT molecular complexity index is 1350. The molecular formula is C27H32N8S. The lowest BCUT2D eigenvalue weighted by molar-refractivity contribution is 0.542. The Kier molecular flexibility index (Phi) is 8.35. The Labute approximate surface area is 217 Å². The second kappa shape index (κ2) is 11.8. The third-order valence-corrected chi connectivity index (χ3v) is 6.42. The summed E-state index contributed by atoms with van der Waals surface area (Å²) in [6.07, 6.45) is 11.0. The number of allylic oxidation sites excluding steroid dienone is 1. The molecule has 0 aliphatic carbocycles. The first kappa shape index (κ1) is 25.4. The van der Waals surface area contributed by atoms with E-state index in [1.807, 2.05) is 61.4 Å². The van der Waals surface area contributed by atoms with Gasteiger partial charge in [-0.15, -0.1) is 0 Å². The van der Waals surface area contributed by atoms with Crippen molar-refractivity contribution in [1.82, 2.24) is 33.8 Å². The average molecular weight is 501 g/mol. The van der Waals surface area contributed by atoms with Crippen LogP contribution in [0, 0.1) is 0 Å². The molecule has 0 saturated carbocycles. The normalized spacial score (nSPS) is 11.8. The van der Waals surface area contributed by atoms with E-state index in [0.29, 0.717) is 6.42 Å². The zero-order chi connectivity index (χ0) is 25.5. The zero-order valence-electron chi connectivity index (χ0n) is 21.2. The SMILES string of the molecule is C=C(Cc1ccc2ncc(-c3cnn(C)c3)cc2c1)N/N=C(/c1cccnc1)N(C)SN(C)CCC. The molecule has 3 heterocycles. The molecule has 0 aliphatic rings. The van der Waals surface area contributed by atoms with Crippen LogP contribution < -0.4 is 5.43 Å². The Morgan fingerprint density at radius 1 is 1.14 bits per heavy atom. The van der Waals surface area contributed by atoms with Crippen LogP contribution in [0.3, 0.4) is 0 Å². The molecule has 0 fully saturated rings. The average Bonchev–Trinajstić information content (AvgIpc) is 3.30. The Morgan fingerprint density at radius 3 is 2.72 bits per heavy atom. The summed E-state index contributed by atoms with van der Waals surface area (Å²) in [6.45, 7) is 7.37. The van der Waals surface area contributed by atoms with E-state index in [9.17, 15) is 0 Å². The maximum Gasteiger partial charge on any atom is 0.168 e. The highest BCUT2D eigenvalue weighted by Crippen LogP contribution is 2.24. The van der Waals surface area contributed by atoms with E-state index in [1.165, 1.54) is 0 Å². The molecule has 186 valence electrons. The molecule has 4 aromatic rings. The molecule has 0 amide bonds. The Balaban J connectivity index is 1.49. The van der Waals surface area contributed by atoms with Crippen molar-refractivity contribution in [3.05, 3.63) is 90.8 Å². The van der Waals surface area contributed by atoms with Gasteiger partial charge in [-0.2, -0.15) is 10.2 Å². The van der Waals surface area contributed by atoms with Gasteiger partial charge < -0.3 is 0 Å². The van der Waals surface area contributed by atoms with Gasteiger partial charge in [0.2, 0.25) is 0 Å². The van der Waals surface area contributed by atoms with E-state index < -0.39 is 0 Å². The summed E-state index contributed by atoms with van der Waals surface area (Å²) in [5.74, 6) is 0.779. The molecule has 0 unspecified atom stereocenters. The van der Waals surface area contributed by atoms with E-state index in [0.717, 1.165) is 57.7 Å². The van der Waals surface area contributed by atoms with Gasteiger partial charge in [0.05, 0.1) is 11.7 Å². The second-order valence-electron chi connectivity index (χ2n) is 8.65. The molecule has 0 saturated heterocycles. The summed E-state index contributed by atoms with van der Waals surface area (Å²) in [5.41, 5.74) is 9.08. The van der Waals surface area contributed by atoms with Gasteiger partial charge >= 0.3 is 0 Å². The number of aromatic nitrogens is 4. The van der Waals surface area contributed by atoms with Crippen LogP contribution in [0.5, 0.6) is 0 Å². The third-order valence-electron chi connectivity index (χ3n) is 5.54. The fourth-order valence-corrected chi connectivity index (χ4v) is 4.76. The van der Waals surface area contributed by atoms with Crippen LogP contribution in [0.1, 0.15) is 24.5 Å². The molecule has 1 aromatic carbocycles. The number of aryl methyl sites for hydroxylation is 1. The van der Waals surface area contributed by atoms with Gasteiger partial charge in [-0.3, -0.25) is 24.4 Å². The first-order valence-electron chi connectivity index (χ1n) is 11.9. The van der Waals surface area contributed by atoms with E-state index in [2.05, 4.69) is 63.5 Å². The molecular weight excluding hydrogens is 468 g/mol. The first-order chi connectivity index (χ1) is 17.4. The van der Waals surface area contributed by atoms with Crippen molar-refractivity contribution < 1.29 is 0 Å². The van der Waals surface area contributed by atoms with Crippen LogP contribution in [-0.2, 0) is 13.5 Å². The number of hydrazone groups is 1. The zero-order valence-corrected chi connectivity index (χ0v) is 22.0. The maximum absolute atomic E-state index is 4.71. The number of fused-ring (bicyclic) bond motifs is 1. The van der Waals surface area contributed by atoms with Gasteiger partial charge in [0, 0.05) is 91.8 Å². The number of hydrogen-bond donors (Lipinski definition) is 1. The first-order valence-corrected chi connectivity index (χ1v) is 12.6. The van der Waals surface area contributed by atoms with E-state index in [-0.39, 0.29) is 0 Å². The fourth-order valence-electron chi connectivity index (χ4n) is 3.85. The highest BCUT2D eigenvalue weighted by molar-refractivity contribution is 7.95. The predicted octanol–water partition coefficient (Wildman–Crippen LogP) is 4.87. The minimum atomic E-state index is 0.642. The topological polar surface area (TPSA) is 74.5 Å². The lowest BCUT2D eigenvalue weighted by Gasteiger charge is -2.25. The van der Waals surface area contributed by atoms with Gasteiger partial charge in [-0.25, -0.2) is 4.31 Å². The number of nitrogens with zero attached hydrogens (tertiary/aromatic N) is 7. The van der Waals surface area contributed by atoms with Crippen molar-refractivity contribution in [3.63, 3.8) is 0 Å². The summed E-state index contributed by atoms with van der Waals surface area (Å²) >= 11 is 1.61. The summed E-state index contributed by atoms with van der Waals surface area (Å²) < 4.78 is 6.02. The third kappa shape index (κ3) is 6.50. The molecule has 3 aromatic heterocycles. The van der Waals surface area contributed by atoms with Crippen molar-refractivity contribution in [3.8, 4) is 11.1 Å². The monoisotopic (exact) mass is 500 g/mol. The van der Waals surface area contributed by atoms with Gasteiger partial charge in [0.25, 0.3) is 0 Å². The lowest BCUT2D eigenvalue weighted by atomic mass is 10.0. The summed E-state index contributed by atoms with van der Waals surface area (Å²) in [4.78, 5) is 8.89. The molecule has 0 aliphatic heterocycles. The molecule has 0 spiro atoms. The fraction of sp³-hybridized carbons (Fsp3) is 0.259. The van der Waals surface area contributed by atoms with E-state index in [1.54, 1.807) is 23.0 Å². The molecule has 9 heteroatoms. The predicted molar refractivity (Wildman–Crippen MR) is 149 cm³/mol. The molecule has 1 N–H and O–H groups in total. The molecule has 36 heavy (non-hydrogen) atoms. The van der Waals surface area contributed by atoms with Crippen LogP contribution in [0.25, 0.3) is 22.0 Å². The number of pyridine rings is 2. The standard InChI is InChI=1S/C27H32N8S/c1-6-12-34(4)36-35(5)27(22-8-7-11-28-16-22)32-31-20(2)13-21-9-10-26-23(14-21)15-24(17-29-26)25-18-30-33(3)19-25/h7-11,14-19,31H,2,6,12-13H2,1,3-5H3/b32-27-. The molecule has 0 bridgehead atoms. The highest BCUT2D eigenvalue weighted by atomic mass is 32.2. The van der Waals surface area contributed by atoms with Crippen LogP contribution >= 0.6 is 12.1 Å². The van der Waals surface area contributed by atoms with Crippen LogP contribution in [0.2, 0.25) is 0 Å². The maximum atomic E-state index is 4.71. The molecule has 0 radical (unpaired) electrons. The van der Waals surface area contributed by atoms with Crippen LogP contribution in [0.15, 0.2) is 84.8 Å². The number of nitrogens with one attached hydrogen (secondary N) is 1. The van der Waals surface area contributed by atoms with E-state index in [4.69, 9.17) is 5.10 Å². The highest BCUT2D eigenvalue weighted by Gasteiger charge is 2.14. The van der Waals surface area contributed by atoms with Gasteiger partial charge in [0.1, 0.15) is 0 Å². The van der Waals surface area contributed by atoms with Gasteiger partial charge in [-0.05, 0) is 49.4 Å². The lowest BCUT2D eigenvalue weighted by Crippen LogP contribution is -2.28. The summed E-state index contributed by atoms with van der Waals surface area (Å²) in [5, 5.41) is 10.1. The number of benzene rings is 1. The summed E-state index contributed by atoms with van der Waals surface area (Å²) in [6, 6.07) is 12.3. The van der Waals surface area contributed by atoms with Crippen molar-refractivity contribution in [2.75, 3.05) is 20.6 Å². The van der Waals surface area contributed by atoms with E-state index >= 15 is 0 Å². The van der Waals surface area contributed by atoms with Gasteiger partial charge in [-0.1, -0.05) is 19.6 Å². The van der Waals surface area contributed by atoms with Crippen molar-refractivity contribution in [1.29, 1.82) is 0 Å². The number of rotatable bonds is 10. The second-order valence-corrected chi connectivity index (χ2v) is 9.99. The Morgan fingerprint density at radius 2 is 2.00 bits per heavy atom. The molecule has 8 nitrogen and oxygen atoms in total. The van der Waals surface area contributed by atoms with Crippen LogP contribution in [-0.4, -0.2) is 54.8 Å². The number of amidine groups is 1. The molecule has 0 atom stereocenters. The van der Waals surface area contributed by atoms with Crippen molar-refractivity contribution in [2.45, 2.75) is 19.8 Å².